The van der Waals surface area contributed by atoms with Gasteiger partial charge in [-0.3, -0.25) is 14.5 Å². The van der Waals surface area contributed by atoms with E-state index in [0.717, 1.165) is 33.3 Å². The Morgan fingerprint density at radius 1 is 0.976 bits per heavy atom. The van der Waals surface area contributed by atoms with E-state index in [9.17, 15) is 14.7 Å². The molecule has 7 nitrogen and oxygen atoms in total. The number of aromatic nitrogens is 1. The van der Waals surface area contributed by atoms with Crippen molar-refractivity contribution in [2.75, 3.05) is 18.1 Å². The fourth-order valence-corrected chi connectivity index (χ4v) is 6.33. The number of ether oxygens (including phenoxy) is 2. The maximum atomic E-state index is 13.7. The van der Waals surface area contributed by atoms with E-state index in [2.05, 4.69) is 13.8 Å². The highest BCUT2D eigenvalue weighted by molar-refractivity contribution is 7.22. The SMILES string of the molecule is CCOc1cc(C2C(=C(O)c3ccc(C)cc3)C(=O)C(=O)N2c2nc3c(C)cc(C)cc3s2)ccc1OCCC(C)C. The number of hydrogen-bond donors (Lipinski definition) is 1. The number of fused-ring (bicyclic) bond motifs is 1. The number of hydrogen-bond acceptors (Lipinski definition) is 7. The van der Waals surface area contributed by atoms with Crippen LogP contribution in [0.5, 0.6) is 11.5 Å². The average molecular weight is 585 g/mol. The highest BCUT2D eigenvalue weighted by Crippen LogP contribution is 2.46. The summed E-state index contributed by atoms with van der Waals surface area (Å²) in [5, 5.41) is 11.9. The molecule has 5 rings (SSSR count). The van der Waals surface area contributed by atoms with Crippen molar-refractivity contribution in [3.8, 4) is 11.5 Å². The normalized spacial score (nSPS) is 16.5. The molecule has 1 aliphatic rings. The Balaban J connectivity index is 1.69. The van der Waals surface area contributed by atoms with Gasteiger partial charge in [-0.25, -0.2) is 4.98 Å². The quantitative estimate of drug-likeness (QED) is 0.123. The number of aliphatic hydroxyl groups excluding tert-OH is 1. The molecule has 8 heteroatoms. The summed E-state index contributed by atoms with van der Waals surface area (Å²) < 4.78 is 12.9. The number of aryl methyl sites for hydroxylation is 3. The molecule has 1 fully saturated rings. The van der Waals surface area contributed by atoms with E-state index in [0.29, 0.717) is 46.9 Å². The molecule has 1 amide bonds. The first-order chi connectivity index (χ1) is 20.1. The smallest absolute Gasteiger partial charge is 0.301 e. The molecule has 1 aromatic heterocycles. The molecule has 1 atom stereocenters. The first-order valence-electron chi connectivity index (χ1n) is 14.2. The summed E-state index contributed by atoms with van der Waals surface area (Å²) >= 11 is 1.35. The highest BCUT2D eigenvalue weighted by Gasteiger charge is 2.48. The maximum absolute atomic E-state index is 13.7. The zero-order valence-electron chi connectivity index (χ0n) is 24.9. The molecule has 1 unspecified atom stereocenters. The van der Waals surface area contributed by atoms with E-state index in [1.54, 1.807) is 24.3 Å². The summed E-state index contributed by atoms with van der Waals surface area (Å²) in [4.78, 5) is 33.7. The average Bonchev–Trinajstić information content (AvgIpc) is 3.48. The van der Waals surface area contributed by atoms with E-state index in [1.165, 1.54) is 16.2 Å². The highest BCUT2D eigenvalue weighted by atomic mass is 32.1. The lowest BCUT2D eigenvalue weighted by Gasteiger charge is -2.24. The van der Waals surface area contributed by atoms with Crippen LogP contribution in [0.3, 0.4) is 0 Å². The van der Waals surface area contributed by atoms with E-state index in [1.807, 2.05) is 58.0 Å². The lowest BCUT2D eigenvalue weighted by atomic mass is 9.95. The Hall–Kier alpha value is -4.17. The van der Waals surface area contributed by atoms with E-state index >= 15 is 0 Å². The Labute approximate surface area is 250 Å². The monoisotopic (exact) mass is 584 g/mol. The third-order valence-corrected chi connectivity index (χ3v) is 8.33. The predicted octanol–water partition coefficient (Wildman–Crippen LogP) is 7.67. The predicted molar refractivity (Wildman–Crippen MR) is 168 cm³/mol. The second kappa shape index (κ2) is 12.0. The van der Waals surface area contributed by atoms with E-state index in [-0.39, 0.29) is 11.3 Å². The van der Waals surface area contributed by atoms with Gasteiger partial charge < -0.3 is 14.6 Å². The van der Waals surface area contributed by atoms with Crippen LogP contribution in [-0.2, 0) is 9.59 Å². The summed E-state index contributed by atoms with van der Waals surface area (Å²) in [7, 11) is 0. The first kappa shape index (κ1) is 29.3. The fourth-order valence-electron chi connectivity index (χ4n) is 5.16. The molecule has 2 heterocycles. The van der Waals surface area contributed by atoms with Crippen molar-refractivity contribution in [3.63, 3.8) is 0 Å². The van der Waals surface area contributed by atoms with Crippen molar-refractivity contribution >= 4 is 44.1 Å². The summed E-state index contributed by atoms with van der Waals surface area (Å²) in [6.07, 6.45) is 0.889. The van der Waals surface area contributed by atoms with Crippen LogP contribution in [0.2, 0.25) is 0 Å². The molecule has 0 bridgehead atoms. The summed E-state index contributed by atoms with van der Waals surface area (Å²) in [6.45, 7) is 13.0. The van der Waals surface area contributed by atoms with Crippen molar-refractivity contribution in [2.45, 2.75) is 54.0 Å². The van der Waals surface area contributed by atoms with Crippen molar-refractivity contribution in [1.82, 2.24) is 4.98 Å². The number of nitrogens with zero attached hydrogens (tertiary/aromatic N) is 2. The lowest BCUT2D eigenvalue weighted by molar-refractivity contribution is -0.132. The standard InChI is InChI=1S/C34H36N2O5S/c1-7-40-26-18-24(12-13-25(26)41-15-14-19(2)3)30-28(31(37)23-10-8-20(4)9-11-23)32(38)33(39)36(30)34-35-29-22(6)16-21(5)17-27(29)42-34/h8-13,16-19,30,37H,7,14-15H2,1-6H3. The van der Waals surface area contributed by atoms with E-state index < -0.39 is 17.7 Å². The lowest BCUT2D eigenvalue weighted by Crippen LogP contribution is -2.29. The fraction of sp³-hybridized carbons (Fsp3) is 0.324. The van der Waals surface area contributed by atoms with Gasteiger partial charge in [-0.2, -0.15) is 0 Å². The van der Waals surface area contributed by atoms with Gasteiger partial charge in [0.15, 0.2) is 16.6 Å². The molecule has 1 aliphatic heterocycles. The van der Waals surface area contributed by atoms with Gasteiger partial charge in [-0.05, 0) is 74.9 Å². The van der Waals surface area contributed by atoms with Gasteiger partial charge >= 0.3 is 5.91 Å². The van der Waals surface area contributed by atoms with Crippen LogP contribution in [0.1, 0.15) is 61.1 Å². The van der Waals surface area contributed by atoms with E-state index in [4.69, 9.17) is 14.5 Å². The second-order valence-corrected chi connectivity index (χ2v) is 12.1. The molecule has 0 radical (unpaired) electrons. The summed E-state index contributed by atoms with van der Waals surface area (Å²) in [5.74, 6) is -0.150. The number of carbonyl (C=O) groups excluding carboxylic acids is 2. The van der Waals surface area contributed by atoms with Crippen LogP contribution in [0.25, 0.3) is 16.0 Å². The number of carbonyl (C=O) groups is 2. The Kier molecular flexibility index (Phi) is 8.36. The topological polar surface area (TPSA) is 89.0 Å². The number of rotatable bonds is 9. The van der Waals surface area contributed by atoms with Gasteiger partial charge in [0.2, 0.25) is 0 Å². The number of benzene rings is 3. The van der Waals surface area contributed by atoms with Crippen LogP contribution in [0.15, 0.2) is 60.2 Å². The molecule has 1 saturated heterocycles. The Morgan fingerprint density at radius 2 is 1.71 bits per heavy atom. The number of ketones is 1. The van der Waals surface area contributed by atoms with Gasteiger partial charge in [0.05, 0.1) is 35.0 Å². The van der Waals surface area contributed by atoms with Crippen molar-refractivity contribution in [3.05, 3.63) is 88.0 Å². The molecule has 0 aliphatic carbocycles. The molecular weight excluding hydrogens is 548 g/mol. The van der Waals surface area contributed by atoms with Crippen molar-refractivity contribution in [2.24, 2.45) is 5.92 Å². The van der Waals surface area contributed by atoms with Crippen LogP contribution < -0.4 is 14.4 Å². The molecule has 3 aromatic carbocycles. The molecular formula is C34H36N2O5S. The maximum Gasteiger partial charge on any atom is 0.301 e. The first-order valence-corrected chi connectivity index (χ1v) is 15.1. The van der Waals surface area contributed by atoms with Gasteiger partial charge in [0.1, 0.15) is 5.76 Å². The van der Waals surface area contributed by atoms with Crippen LogP contribution in [-0.4, -0.2) is 35.0 Å². The molecule has 0 spiro atoms. The minimum absolute atomic E-state index is 0.00642. The third-order valence-electron chi connectivity index (χ3n) is 7.33. The number of amides is 1. The van der Waals surface area contributed by atoms with Crippen molar-refractivity contribution < 1.29 is 24.2 Å². The summed E-state index contributed by atoms with van der Waals surface area (Å²) in [5.41, 5.74) is 4.94. The van der Waals surface area contributed by atoms with Gasteiger partial charge in [0.25, 0.3) is 5.78 Å². The summed E-state index contributed by atoms with van der Waals surface area (Å²) in [6, 6.07) is 15.8. The molecule has 218 valence electrons. The Morgan fingerprint density at radius 3 is 2.40 bits per heavy atom. The molecule has 42 heavy (non-hydrogen) atoms. The largest absolute Gasteiger partial charge is 0.507 e. The zero-order valence-corrected chi connectivity index (χ0v) is 25.7. The second-order valence-electron chi connectivity index (χ2n) is 11.1. The van der Waals surface area contributed by atoms with Crippen LogP contribution >= 0.6 is 11.3 Å². The van der Waals surface area contributed by atoms with Crippen LogP contribution in [0, 0.1) is 26.7 Å². The van der Waals surface area contributed by atoms with Gasteiger partial charge in [-0.1, -0.05) is 67.1 Å². The van der Waals surface area contributed by atoms with Gasteiger partial charge in [-0.15, -0.1) is 0 Å². The number of thiazole rings is 1. The van der Waals surface area contributed by atoms with Crippen LogP contribution in [0.4, 0.5) is 5.13 Å². The Bertz CT molecular complexity index is 1690. The third kappa shape index (κ3) is 5.63. The van der Waals surface area contributed by atoms with Crippen molar-refractivity contribution in [1.29, 1.82) is 0 Å². The number of aliphatic hydroxyl groups is 1. The molecule has 0 saturated carbocycles. The minimum atomic E-state index is -0.919. The number of Topliss-reactive ketones (excluding diaryl/α,β-unsaturated/α-hetero) is 1. The zero-order chi connectivity index (χ0) is 30.1. The molecule has 1 N–H and O–H groups in total. The van der Waals surface area contributed by atoms with Gasteiger partial charge in [0, 0.05) is 5.56 Å². The minimum Gasteiger partial charge on any atom is -0.507 e. The molecule has 4 aromatic rings. The number of anilines is 1.